The van der Waals surface area contributed by atoms with E-state index in [1.165, 1.54) is 16.8 Å². The third kappa shape index (κ3) is 2.46. The molecule has 2 rings (SSSR count). The number of nitrogens with zero attached hydrogens (tertiary/aromatic N) is 1. The molecule has 1 unspecified atom stereocenters. The van der Waals surface area contributed by atoms with E-state index in [2.05, 4.69) is 82.5 Å². The van der Waals surface area contributed by atoms with E-state index < -0.39 is 0 Å². The predicted molar refractivity (Wildman–Crippen MR) is 79.7 cm³/mol. The summed E-state index contributed by atoms with van der Waals surface area (Å²) in [5.41, 5.74) is 4.03. The van der Waals surface area contributed by atoms with Crippen molar-refractivity contribution in [2.24, 2.45) is 0 Å². The summed E-state index contributed by atoms with van der Waals surface area (Å²) in [4.78, 5) is 0. The smallest absolute Gasteiger partial charge is 0.132 e. The van der Waals surface area contributed by atoms with Gasteiger partial charge in [0.15, 0.2) is 0 Å². The van der Waals surface area contributed by atoms with Crippen LogP contribution < -0.4 is 4.48 Å². The maximum Gasteiger partial charge on any atom is 0.132 e. The Bertz CT molecular complexity index is 497. The fourth-order valence-electron chi connectivity index (χ4n) is 2.26. The van der Waals surface area contributed by atoms with Crippen molar-refractivity contribution in [3.8, 4) is 0 Å². The molecule has 0 saturated carbocycles. The molecule has 18 heavy (non-hydrogen) atoms. The molecule has 0 aromatic heterocycles. The molecule has 0 saturated heterocycles. The van der Waals surface area contributed by atoms with Crippen molar-refractivity contribution in [2.45, 2.75) is 19.9 Å². The molecular weight excluding hydrogens is 218 g/mol. The largest absolute Gasteiger partial charge is 0.290 e. The summed E-state index contributed by atoms with van der Waals surface area (Å²) in [7, 11) is 4.53. The zero-order chi connectivity index (χ0) is 13.2. The monoisotopic (exact) mass is 240 g/mol. The molecule has 0 aliphatic rings. The molecule has 2 aromatic carbocycles. The zero-order valence-corrected chi connectivity index (χ0v) is 11.7. The van der Waals surface area contributed by atoms with E-state index >= 15 is 0 Å². The Hall–Kier alpha value is -1.60. The van der Waals surface area contributed by atoms with Crippen molar-refractivity contribution in [3.63, 3.8) is 0 Å². The second-order valence-corrected chi connectivity index (χ2v) is 5.46. The number of hydrogen-bond acceptors (Lipinski definition) is 0. The lowest BCUT2D eigenvalue weighted by Gasteiger charge is -2.36. The van der Waals surface area contributed by atoms with E-state index in [4.69, 9.17) is 0 Å². The van der Waals surface area contributed by atoms with Crippen LogP contribution in [0.4, 0.5) is 5.69 Å². The van der Waals surface area contributed by atoms with Gasteiger partial charge in [-0.25, -0.2) is 0 Å². The maximum absolute atomic E-state index is 2.29. The van der Waals surface area contributed by atoms with Crippen molar-refractivity contribution in [2.75, 3.05) is 14.1 Å². The first kappa shape index (κ1) is 12.8. The van der Waals surface area contributed by atoms with E-state index in [1.54, 1.807) is 0 Å². The van der Waals surface area contributed by atoms with Crippen molar-refractivity contribution in [3.05, 3.63) is 65.7 Å². The Balaban J connectivity index is 2.33. The summed E-state index contributed by atoms with van der Waals surface area (Å²) in [6, 6.07) is 20.0. The summed E-state index contributed by atoms with van der Waals surface area (Å²) in [5.74, 6) is 0. The standard InChI is InChI=1S/C17H22N/c1-14-10-12-17(13-11-14)18(3,4)15(2)16-8-6-5-7-9-16/h5-13,15H,1-4H3/q+1. The zero-order valence-electron chi connectivity index (χ0n) is 11.7. The molecule has 0 spiro atoms. The van der Waals surface area contributed by atoms with Crippen LogP contribution in [0.2, 0.25) is 0 Å². The second-order valence-electron chi connectivity index (χ2n) is 5.46. The lowest BCUT2D eigenvalue weighted by Crippen LogP contribution is -2.42. The Kier molecular flexibility index (Phi) is 3.53. The number of hydrogen-bond donors (Lipinski definition) is 0. The van der Waals surface area contributed by atoms with Crippen LogP contribution in [0.3, 0.4) is 0 Å². The normalized spacial score (nSPS) is 13.3. The minimum absolute atomic E-state index is 0.439. The molecule has 2 aromatic rings. The second kappa shape index (κ2) is 4.95. The number of quaternary nitrogens is 1. The molecule has 0 aliphatic carbocycles. The summed E-state index contributed by atoms with van der Waals surface area (Å²) < 4.78 is 0.865. The molecule has 1 atom stereocenters. The van der Waals surface area contributed by atoms with Gasteiger partial charge >= 0.3 is 0 Å². The first-order valence-corrected chi connectivity index (χ1v) is 6.47. The average Bonchev–Trinajstić information content (AvgIpc) is 2.39. The molecule has 1 heteroatoms. The van der Waals surface area contributed by atoms with Crippen LogP contribution in [0.5, 0.6) is 0 Å². The summed E-state index contributed by atoms with van der Waals surface area (Å²) in [6.07, 6.45) is 0. The van der Waals surface area contributed by atoms with Gasteiger partial charge in [-0.2, -0.15) is 0 Å². The van der Waals surface area contributed by atoms with Crippen LogP contribution in [0.15, 0.2) is 54.6 Å². The van der Waals surface area contributed by atoms with Gasteiger partial charge in [-0.15, -0.1) is 0 Å². The van der Waals surface area contributed by atoms with Gasteiger partial charge in [0.25, 0.3) is 0 Å². The lowest BCUT2D eigenvalue weighted by atomic mass is 10.0. The van der Waals surface area contributed by atoms with Gasteiger partial charge in [-0.05, 0) is 26.0 Å². The molecule has 0 heterocycles. The third-order valence-corrected chi connectivity index (χ3v) is 3.95. The van der Waals surface area contributed by atoms with Crippen molar-refractivity contribution < 1.29 is 0 Å². The van der Waals surface area contributed by atoms with Crippen molar-refractivity contribution in [1.82, 2.24) is 4.48 Å². The fraction of sp³-hybridized carbons (Fsp3) is 0.294. The Morgan fingerprint density at radius 2 is 1.39 bits per heavy atom. The maximum atomic E-state index is 2.29. The van der Waals surface area contributed by atoms with E-state index in [0.29, 0.717) is 6.04 Å². The molecule has 0 amide bonds. The van der Waals surface area contributed by atoms with E-state index in [-0.39, 0.29) is 0 Å². The van der Waals surface area contributed by atoms with Gasteiger partial charge < -0.3 is 0 Å². The van der Waals surface area contributed by atoms with Crippen LogP contribution >= 0.6 is 0 Å². The first-order chi connectivity index (χ1) is 8.51. The van der Waals surface area contributed by atoms with E-state index in [1.807, 2.05) is 0 Å². The SMILES string of the molecule is Cc1ccc([N+](C)(C)C(C)c2ccccc2)cc1. The van der Waals surface area contributed by atoms with Gasteiger partial charge in [-0.1, -0.05) is 48.0 Å². The average molecular weight is 240 g/mol. The van der Waals surface area contributed by atoms with Crippen molar-refractivity contribution >= 4 is 5.69 Å². The van der Waals surface area contributed by atoms with Crippen LogP contribution in [0, 0.1) is 6.92 Å². The predicted octanol–water partition coefficient (Wildman–Crippen LogP) is 4.32. The molecule has 0 N–H and O–H groups in total. The summed E-state index contributed by atoms with van der Waals surface area (Å²) in [6.45, 7) is 4.42. The Morgan fingerprint density at radius 1 is 0.833 bits per heavy atom. The molecule has 94 valence electrons. The topological polar surface area (TPSA) is 0 Å². The van der Waals surface area contributed by atoms with Gasteiger partial charge in [0.1, 0.15) is 11.7 Å². The highest BCUT2D eigenvalue weighted by molar-refractivity contribution is 5.45. The van der Waals surface area contributed by atoms with Gasteiger partial charge in [0.2, 0.25) is 0 Å². The lowest BCUT2D eigenvalue weighted by molar-refractivity contribution is 0.316. The van der Waals surface area contributed by atoms with E-state index in [0.717, 1.165) is 4.48 Å². The number of rotatable bonds is 3. The van der Waals surface area contributed by atoms with Crippen LogP contribution in [0.25, 0.3) is 0 Å². The van der Waals surface area contributed by atoms with Crippen LogP contribution in [-0.4, -0.2) is 14.1 Å². The Labute approximate surface area is 110 Å². The summed E-state index contributed by atoms with van der Waals surface area (Å²) >= 11 is 0. The van der Waals surface area contributed by atoms with Gasteiger partial charge in [-0.3, -0.25) is 4.48 Å². The first-order valence-electron chi connectivity index (χ1n) is 6.47. The number of aryl methyl sites for hydroxylation is 1. The molecule has 0 bridgehead atoms. The molecule has 1 nitrogen and oxygen atoms in total. The minimum Gasteiger partial charge on any atom is -0.290 e. The summed E-state index contributed by atoms with van der Waals surface area (Å²) in [5, 5.41) is 0. The van der Waals surface area contributed by atoms with Crippen molar-refractivity contribution in [1.29, 1.82) is 0 Å². The third-order valence-electron chi connectivity index (χ3n) is 3.95. The van der Waals surface area contributed by atoms with Gasteiger partial charge in [0.05, 0.1) is 14.1 Å². The molecule has 0 aliphatic heterocycles. The molecule has 0 radical (unpaired) electrons. The van der Waals surface area contributed by atoms with E-state index in [9.17, 15) is 0 Å². The molecule has 0 fully saturated rings. The highest BCUT2D eigenvalue weighted by Gasteiger charge is 2.27. The van der Waals surface area contributed by atoms with Gasteiger partial charge in [0, 0.05) is 5.56 Å². The fourth-order valence-corrected chi connectivity index (χ4v) is 2.26. The quantitative estimate of drug-likeness (QED) is 0.701. The molecular formula is C17H22N+. The Morgan fingerprint density at radius 3 is 1.94 bits per heavy atom. The van der Waals surface area contributed by atoms with Crippen LogP contribution in [-0.2, 0) is 0 Å². The highest BCUT2D eigenvalue weighted by Crippen LogP contribution is 2.31. The minimum atomic E-state index is 0.439. The number of benzene rings is 2. The highest BCUT2D eigenvalue weighted by atomic mass is 15.3. The van der Waals surface area contributed by atoms with Crippen LogP contribution in [0.1, 0.15) is 24.1 Å².